The van der Waals surface area contributed by atoms with Crippen LogP contribution in [0.3, 0.4) is 0 Å². The van der Waals surface area contributed by atoms with E-state index in [0.717, 1.165) is 5.82 Å². The average molecular weight is 329 g/mol. The molecule has 0 aliphatic carbocycles. The number of nitrogens with zero attached hydrogens (tertiary/aromatic N) is 2. The van der Waals surface area contributed by atoms with Crippen LogP contribution in [0.2, 0.25) is 0 Å². The largest absolute Gasteiger partial charge is 0.358 e. The Morgan fingerprint density at radius 2 is 2.05 bits per heavy atom. The van der Waals surface area contributed by atoms with Crippen molar-refractivity contribution < 1.29 is 4.79 Å². The number of nitrogens with one attached hydrogen (secondary N) is 2. The summed E-state index contributed by atoms with van der Waals surface area (Å²) >= 11 is 3.37. The average Bonchev–Trinajstić information content (AvgIpc) is 2.27. The summed E-state index contributed by atoms with van der Waals surface area (Å²) in [7, 11) is 0. The van der Waals surface area contributed by atoms with Gasteiger partial charge in [-0.05, 0) is 29.8 Å². The van der Waals surface area contributed by atoms with Crippen LogP contribution < -0.4 is 10.6 Å². The molecule has 0 aliphatic rings. The van der Waals surface area contributed by atoms with E-state index in [0.29, 0.717) is 17.0 Å². The van der Waals surface area contributed by atoms with Gasteiger partial charge in [0, 0.05) is 18.0 Å². The Hall–Kier alpha value is -1.17. The molecule has 0 aliphatic heterocycles. The van der Waals surface area contributed by atoms with Gasteiger partial charge in [0.05, 0.1) is 0 Å². The van der Waals surface area contributed by atoms with Gasteiger partial charge in [-0.1, -0.05) is 20.8 Å². The van der Waals surface area contributed by atoms with Crippen molar-refractivity contribution in [2.45, 2.75) is 46.1 Å². The highest BCUT2D eigenvalue weighted by atomic mass is 79.9. The molecule has 0 radical (unpaired) electrons. The van der Waals surface area contributed by atoms with E-state index in [1.54, 1.807) is 13.0 Å². The Balaban J connectivity index is 2.90. The predicted molar refractivity (Wildman–Crippen MR) is 80.2 cm³/mol. The van der Waals surface area contributed by atoms with Crippen molar-refractivity contribution in [3.05, 3.63) is 16.5 Å². The minimum Gasteiger partial charge on any atom is -0.358 e. The molecule has 1 rings (SSSR count). The molecule has 106 valence electrons. The van der Waals surface area contributed by atoms with Gasteiger partial charge in [0.2, 0.25) is 5.91 Å². The second kappa shape index (κ2) is 6.32. The SMILES string of the molecule is CCNC(=O)C(C)Nc1cc(Br)nc(C(C)(C)C)n1. The van der Waals surface area contributed by atoms with Crippen LogP contribution in [0, 0.1) is 0 Å². The quantitative estimate of drug-likeness (QED) is 0.833. The van der Waals surface area contributed by atoms with E-state index < -0.39 is 0 Å². The number of hydrogen-bond acceptors (Lipinski definition) is 4. The first-order valence-corrected chi connectivity index (χ1v) is 7.12. The fourth-order valence-corrected chi connectivity index (χ4v) is 1.83. The lowest BCUT2D eigenvalue weighted by Crippen LogP contribution is -2.37. The molecule has 19 heavy (non-hydrogen) atoms. The second-order valence-corrected chi connectivity index (χ2v) is 6.22. The Morgan fingerprint density at radius 1 is 1.42 bits per heavy atom. The zero-order valence-electron chi connectivity index (χ0n) is 12.0. The third kappa shape index (κ3) is 4.78. The van der Waals surface area contributed by atoms with Crippen LogP contribution in [0.4, 0.5) is 5.82 Å². The molecule has 5 nitrogen and oxygen atoms in total. The summed E-state index contributed by atoms with van der Waals surface area (Å²) in [6.45, 7) is 10.5. The molecule has 1 atom stereocenters. The zero-order chi connectivity index (χ0) is 14.6. The predicted octanol–water partition coefficient (Wildman–Crippen LogP) is 2.47. The third-order valence-electron chi connectivity index (χ3n) is 2.47. The van der Waals surface area contributed by atoms with E-state index in [9.17, 15) is 4.79 Å². The van der Waals surface area contributed by atoms with Gasteiger partial charge < -0.3 is 10.6 Å². The van der Waals surface area contributed by atoms with Gasteiger partial charge in [-0.2, -0.15) is 0 Å². The van der Waals surface area contributed by atoms with Gasteiger partial charge in [0.15, 0.2) is 0 Å². The van der Waals surface area contributed by atoms with Crippen molar-refractivity contribution in [2.24, 2.45) is 0 Å². The van der Waals surface area contributed by atoms with Crippen molar-refractivity contribution in [1.82, 2.24) is 15.3 Å². The molecule has 1 heterocycles. The molecule has 0 spiro atoms. The van der Waals surface area contributed by atoms with Gasteiger partial charge in [-0.25, -0.2) is 9.97 Å². The highest BCUT2D eigenvalue weighted by Gasteiger charge is 2.20. The van der Waals surface area contributed by atoms with Gasteiger partial charge in [-0.3, -0.25) is 4.79 Å². The van der Waals surface area contributed by atoms with Crippen molar-refractivity contribution in [3.63, 3.8) is 0 Å². The minimum absolute atomic E-state index is 0.0467. The summed E-state index contributed by atoms with van der Waals surface area (Å²) in [5.41, 5.74) is -0.144. The molecular formula is C13H21BrN4O. The molecular weight excluding hydrogens is 308 g/mol. The fraction of sp³-hybridized carbons (Fsp3) is 0.615. The standard InChI is InChI=1S/C13H21BrN4O/c1-6-15-11(19)8(2)16-10-7-9(14)17-12(18-10)13(3,4)5/h7-8H,6H2,1-5H3,(H,15,19)(H,16,17,18). The number of rotatable bonds is 4. The first-order valence-electron chi connectivity index (χ1n) is 6.33. The van der Waals surface area contributed by atoms with Crippen LogP contribution in [0.25, 0.3) is 0 Å². The summed E-state index contributed by atoms with van der Waals surface area (Å²) in [5.74, 6) is 1.33. The van der Waals surface area contributed by atoms with E-state index in [-0.39, 0.29) is 17.4 Å². The zero-order valence-corrected chi connectivity index (χ0v) is 13.6. The fourth-order valence-electron chi connectivity index (χ4n) is 1.44. The van der Waals surface area contributed by atoms with E-state index in [1.807, 2.05) is 27.7 Å². The maximum absolute atomic E-state index is 11.7. The molecule has 1 aromatic rings. The Morgan fingerprint density at radius 3 is 2.58 bits per heavy atom. The second-order valence-electron chi connectivity index (χ2n) is 5.41. The number of likely N-dealkylation sites (N-methyl/N-ethyl adjacent to an activating group) is 1. The van der Waals surface area contributed by atoms with Crippen LogP contribution >= 0.6 is 15.9 Å². The van der Waals surface area contributed by atoms with Crippen molar-refractivity contribution >= 4 is 27.7 Å². The number of aromatic nitrogens is 2. The number of hydrogen-bond donors (Lipinski definition) is 2. The maximum atomic E-state index is 11.7. The number of carbonyl (C=O) groups excluding carboxylic acids is 1. The lowest BCUT2D eigenvalue weighted by atomic mass is 9.96. The smallest absolute Gasteiger partial charge is 0.242 e. The molecule has 0 fully saturated rings. The first kappa shape index (κ1) is 15.9. The van der Waals surface area contributed by atoms with Crippen molar-refractivity contribution in [3.8, 4) is 0 Å². The number of halogens is 1. The summed E-state index contributed by atoms with van der Waals surface area (Å²) in [6.07, 6.45) is 0. The summed E-state index contributed by atoms with van der Waals surface area (Å²) in [5, 5.41) is 5.86. The summed E-state index contributed by atoms with van der Waals surface area (Å²) in [6, 6.07) is 1.43. The molecule has 0 saturated heterocycles. The molecule has 1 aromatic heterocycles. The lowest BCUT2D eigenvalue weighted by Gasteiger charge is -2.19. The summed E-state index contributed by atoms with van der Waals surface area (Å²) < 4.78 is 0.707. The van der Waals surface area contributed by atoms with Gasteiger partial charge in [0.25, 0.3) is 0 Å². The van der Waals surface area contributed by atoms with Gasteiger partial charge in [0.1, 0.15) is 22.3 Å². The van der Waals surface area contributed by atoms with Crippen LogP contribution in [0.15, 0.2) is 10.7 Å². The molecule has 0 bridgehead atoms. The van der Waals surface area contributed by atoms with E-state index in [4.69, 9.17) is 0 Å². The van der Waals surface area contributed by atoms with Gasteiger partial charge in [-0.15, -0.1) is 0 Å². The van der Waals surface area contributed by atoms with E-state index in [1.165, 1.54) is 0 Å². The highest BCUT2D eigenvalue weighted by molar-refractivity contribution is 9.10. The topological polar surface area (TPSA) is 66.9 Å². The molecule has 0 aromatic carbocycles. The molecule has 1 amide bonds. The molecule has 2 N–H and O–H groups in total. The van der Waals surface area contributed by atoms with E-state index in [2.05, 4.69) is 36.5 Å². The van der Waals surface area contributed by atoms with E-state index >= 15 is 0 Å². The third-order valence-corrected chi connectivity index (χ3v) is 2.88. The van der Waals surface area contributed by atoms with Crippen LogP contribution in [-0.4, -0.2) is 28.5 Å². The van der Waals surface area contributed by atoms with Crippen LogP contribution in [-0.2, 0) is 10.2 Å². The van der Waals surface area contributed by atoms with Crippen LogP contribution in [0.5, 0.6) is 0 Å². The molecule has 0 saturated carbocycles. The Labute approximate surface area is 122 Å². The normalized spacial score (nSPS) is 12.9. The number of anilines is 1. The summed E-state index contributed by atoms with van der Waals surface area (Å²) in [4.78, 5) is 20.5. The van der Waals surface area contributed by atoms with Crippen LogP contribution in [0.1, 0.15) is 40.4 Å². The first-order chi connectivity index (χ1) is 8.74. The Kier molecular flexibility index (Phi) is 5.29. The Bertz CT molecular complexity index is 456. The monoisotopic (exact) mass is 328 g/mol. The molecule has 6 heteroatoms. The number of amides is 1. The highest BCUT2D eigenvalue weighted by Crippen LogP contribution is 2.22. The molecule has 1 unspecified atom stereocenters. The number of carbonyl (C=O) groups is 1. The van der Waals surface area contributed by atoms with Crippen molar-refractivity contribution in [2.75, 3.05) is 11.9 Å². The lowest BCUT2D eigenvalue weighted by molar-refractivity contribution is -0.121. The maximum Gasteiger partial charge on any atom is 0.242 e. The van der Waals surface area contributed by atoms with Crippen molar-refractivity contribution in [1.29, 1.82) is 0 Å². The van der Waals surface area contributed by atoms with Gasteiger partial charge >= 0.3 is 0 Å². The minimum atomic E-state index is -0.338.